The van der Waals surface area contributed by atoms with Gasteiger partial charge in [-0.15, -0.1) is 0 Å². The van der Waals surface area contributed by atoms with Crippen LogP contribution in [0.3, 0.4) is 0 Å². The fraction of sp³-hybridized carbons (Fsp3) is 0.409. The van der Waals surface area contributed by atoms with Crippen LogP contribution in [-0.2, 0) is 4.79 Å². The highest BCUT2D eigenvalue weighted by Crippen LogP contribution is 2.43. The largest absolute Gasteiger partial charge is 0.361 e. The van der Waals surface area contributed by atoms with Gasteiger partial charge >= 0.3 is 0 Å². The van der Waals surface area contributed by atoms with Gasteiger partial charge in [-0.25, -0.2) is 0 Å². The maximum absolute atomic E-state index is 13.0. The molecule has 1 fully saturated rings. The van der Waals surface area contributed by atoms with Crippen molar-refractivity contribution in [2.75, 3.05) is 7.05 Å². The molecule has 4 heteroatoms. The van der Waals surface area contributed by atoms with Crippen molar-refractivity contribution >= 4 is 33.5 Å². The third kappa shape index (κ3) is 3.23. The number of carbonyl (C=O) groups excluding carboxylic acids is 1. The molecule has 2 aromatic rings. The zero-order valence-electron chi connectivity index (χ0n) is 15.5. The minimum Gasteiger partial charge on any atom is -0.361 e. The molecule has 2 heterocycles. The normalized spacial score (nSPS) is 18.5. The molecule has 2 aliphatic rings. The lowest BCUT2D eigenvalue weighted by molar-refractivity contribution is -0.127. The van der Waals surface area contributed by atoms with Crippen LogP contribution < -0.4 is 0 Å². The Bertz CT molecular complexity index is 886. The topological polar surface area (TPSA) is 36.1 Å². The van der Waals surface area contributed by atoms with E-state index in [-0.39, 0.29) is 5.91 Å². The SMILES string of the molecule is CCC1=C(c2ccc3[nH]ccc3c2)SC(C(=O)N(C)C2CCCC2)=CC1. The summed E-state index contributed by atoms with van der Waals surface area (Å²) in [5.41, 5.74) is 3.80. The van der Waals surface area contributed by atoms with Crippen molar-refractivity contribution in [1.29, 1.82) is 0 Å². The fourth-order valence-corrected chi connectivity index (χ4v) is 5.29. The van der Waals surface area contributed by atoms with Crippen molar-refractivity contribution in [1.82, 2.24) is 9.88 Å². The minimum atomic E-state index is 0.192. The number of allylic oxidation sites excluding steroid dienone is 2. The molecule has 0 saturated heterocycles. The molecule has 1 aliphatic heterocycles. The predicted molar refractivity (Wildman–Crippen MR) is 111 cm³/mol. The van der Waals surface area contributed by atoms with Crippen LogP contribution in [0.25, 0.3) is 15.8 Å². The summed E-state index contributed by atoms with van der Waals surface area (Å²) < 4.78 is 0. The van der Waals surface area contributed by atoms with E-state index in [0.29, 0.717) is 6.04 Å². The van der Waals surface area contributed by atoms with Crippen molar-refractivity contribution in [3.63, 3.8) is 0 Å². The Morgan fingerprint density at radius 2 is 2.08 bits per heavy atom. The average Bonchev–Trinajstić information content (AvgIpc) is 3.37. The maximum atomic E-state index is 13.0. The summed E-state index contributed by atoms with van der Waals surface area (Å²) in [6, 6.07) is 9.06. The number of fused-ring (bicyclic) bond motifs is 1. The lowest BCUT2D eigenvalue weighted by Gasteiger charge is -2.27. The zero-order valence-corrected chi connectivity index (χ0v) is 16.4. The summed E-state index contributed by atoms with van der Waals surface area (Å²) in [6.07, 6.45) is 10.8. The predicted octanol–water partition coefficient (Wildman–Crippen LogP) is 5.71. The second-order valence-corrected chi connectivity index (χ2v) is 8.35. The fourth-order valence-electron chi connectivity index (χ4n) is 4.06. The van der Waals surface area contributed by atoms with Gasteiger partial charge in [0, 0.05) is 29.7 Å². The number of H-pyrrole nitrogens is 1. The Labute approximate surface area is 159 Å². The monoisotopic (exact) mass is 366 g/mol. The van der Waals surface area contributed by atoms with E-state index < -0.39 is 0 Å². The van der Waals surface area contributed by atoms with Crippen LogP contribution in [0, 0.1) is 0 Å². The summed E-state index contributed by atoms with van der Waals surface area (Å²) in [7, 11) is 1.98. The molecule has 1 amide bonds. The Morgan fingerprint density at radius 1 is 1.27 bits per heavy atom. The van der Waals surface area contributed by atoms with Crippen molar-refractivity contribution in [2.45, 2.75) is 51.5 Å². The summed E-state index contributed by atoms with van der Waals surface area (Å²) in [5.74, 6) is 0.192. The van der Waals surface area contributed by atoms with Gasteiger partial charge in [-0.3, -0.25) is 4.79 Å². The summed E-state index contributed by atoms with van der Waals surface area (Å²) in [4.78, 5) is 20.4. The van der Waals surface area contributed by atoms with E-state index in [1.54, 1.807) is 11.8 Å². The molecular weight excluding hydrogens is 340 g/mol. The number of aromatic amines is 1. The van der Waals surface area contributed by atoms with Crippen LogP contribution in [0.5, 0.6) is 0 Å². The Kier molecular flexibility index (Phi) is 4.94. The molecule has 0 radical (unpaired) electrons. The first kappa shape index (κ1) is 17.5. The van der Waals surface area contributed by atoms with Crippen molar-refractivity contribution in [3.8, 4) is 0 Å². The lowest BCUT2D eigenvalue weighted by Crippen LogP contribution is -2.35. The van der Waals surface area contributed by atoms with Gasteiger partial charge in [0.1, 0.15) is 0 Å². The number of thioether (sulfide) groups is 1. The van der Waals surface area contributed by atoms with Crippen molar-refractivity contribution in [2.24, 2.45) is 0 Å². The van der Waals surface area contributed by atoms with E-state index in [4.69, 9.17) is 0 Å². The summed E-state index contributed by atoms with van der Waals surface area (Å²) >= 11 is 1.66. The Hall–Kier alpha value is -1.94. The second kappa shape index (κ2) is 7.36. The number of benzene rings is 1. The molecule has 136 valence electrons. The third-order valence-electron chi connectivity index (χ3n) is 5.71. The average molecular weight is 367 g/mol. The molecule has 1 aromatic carbocycles. The number of aromatic nitrogens is 1. The molecule has 3 nitrogen and oxygen atoms in total. The quantitative estimate of drug-likeness (QED) is 0.752. The molecule has 1 saturated carbocycles. The van der Waals surface area contributed by atoms with Gasteiger partial charge < -0.3 is 9.88 Å². The van der Waals surface area contributed by atoms with Crippen LogP contribution in [0.4, 0.5) is 0 Å². The second-order valence-electron chi connectivity index (χ2n) is 7.29. The molecule has 0 spiro atoms. The number of nitrogens with one attached hydrogen (secondary N) is 1. The third-order valence-corrected chi connectivity index (χ3v) is 7.00. The highest BCUT2D eigenvalue weighted by Gasteiger charge is 2.28. The standard InChI is InChI=1S/C22H26N2OS/c1-3-15-9-11-20(22(25)24(2)18-6-4-5-7-18)26-21(15)17-8-10-19-16(14-17)12-13-23-19/h8,10-14,18,23H,3-7,9H2,1-2H3. The number of hydrogen-bond donors (Lipinski definition) is 1. The van der Waals surface area contributed by atoms with Gasteiger partial charge in [-0.05, 0) is 54.8 Å². The number of amides is 1. The van der Waals surface area contributed by atoms with Gasteiger partial charge in [0.2, 0.25) is 0 Å². The van der Waals surface area contributed by atoms with Gasteiger partial charge in [0.25, 0.3) is 5.91 Å². The summed E-state index contributed by atoms with van der Waals surface area (Å²) in [6.45, 7) is 2.20. The molecule has 1 N–H and O–H groups in total. The molecule has 26 heavy (non-hydrogen) atoms. The maximum Gasteiger partial charge on any atom is 0.260 e. The van der Waals surface area contributed by atoms with Crippen LogP contribution in [0.1, 0.15) is 51.0 Å². The molecule has 1 aromatic heterocycles. The highest BCUT2D eigenvalue weighted by atomic mass is 32.2. The lowest BCUT2D eigenvalue weighted by atomic mass is 10.0. The summed E-state index contributed by atoms with van der Waals surface area (Å²) in [5, 5.41) is 1.22. The highest BCUT2D eigenvalue weighted by molar-refractivity contribution is 8.12. The molecule has 0 bridgehead atoms. The Morgan fingerprint density at radius 3 is 2.85 bits per heavy atom. The first-order valence-electron chi connectivity index (χ1n) is 9.62. The number of hydrogen-bond acceptors (Lipinski definition) is 2. The van der Waals surface area contributed by atoms with Crippen LogP contribution >= 0.6 is 11.8 Å². The smallest absolute Gasteiger partial charge is 0.260 e. The van der Waals surface area contributed by atoms with E-state index in [0.717, 1.165) is 36.1 Å². The van der Waals surface area contributed by atoms with E-state index in [1.165, 1.54) is 34.3 Å². The van der Waals surface area contributed by atoms with Gasteiger partial charge in [-0.1, -0.05) is 49.2 Å². The molecule has 1 aliphatic carbocycles. The van der Waals surface area contributed by atoms with E-state index >= 15 is 0 Å². The number of carbonyl (C=O) groups is 1. The first-order valence-corrected chi connectivity index (χ1v) is 10.4. The van der Waals surface area contributed by atoms with Crippen LogP contribution in [0.2, 0.25) is 0 Å². The van der Waals surface area contributed by atoms with Gasteiger partial charge in [0.05, 0.1) is 4.91 Å². The first-order chi connectivity index (χ1) is 12.7. The minimum absolute atomic E-state index is 0.192. The molecule has 4 rings (SSSR count). The zero-order chi connectivity index (χ0) is 18.1. The van der Waals surface area contributed by atoms with Crippen molar-refractivity contribution in [3.05, 3.63) is 52.6 Å². The van der Waals surface area contributed by atoms with Gasteiger partial charge in [0.15, 0.2) is 0 Å². The molecule has 0 atom stereocenters. The van der Waals surface area contributed by atoms with E-state index in [1.807, 2.05) is 18.1 Å². The van der Waals surface area contributed by atoms with Crippen LogP contribution in [-0.4, -0.2) is 28.9 Å². The van der Waals surface area contributed by atoms with Crippen molar-refractivity contribution < 1.29 is 4.79 Å². The molecular formula is C22H26N2OS. The van der Waals surface area contributed by atoms with Gasteiger partial charge in [-0.2, -0.15) is 0 Å². The molecule has 0 unspecified atom stereocenters. The number of likely N-dealkylation sites (N-methyl/N-ethyl adjacent to an activating group) is 1. The van der Waals surface area contributed by atoms with Crippen LogP contribution in [0.15, 0.2) is 47.0 Å². The van der Waals surface area contributed by atoms with E-state index in [2.05, 4.69) is 42.2 Å². The Balaban J connectivity index is 1.59. The number of rotatable bonds is 4. The van der Waals surface area contributed by atoms with E-state index in [9.17, 15) is 4.79 Å². The number of nitrogens with zero attached hydrogens (tertiary/aromatic N) is 1.